The Hall–Kier alpha value is 0.250. The molecular weight excluding hydrogens is 159 g/mol. The molecule has 0 heterocycles. The lowest BCUT2D eigenvalue weighted by Gasteiger charge is -2.01. The highest BCUT2D eigenvalue weighted by Gasteiger charge is 2.06. The van der Waals surface area contributed by atoms with E-state index in [0.717, 1.165) is 6.42 Å². The molecular formula is C6H12Cl2O. The fourth-order valence-electron chi connectivity index (χ4n) is 0.359. The summed E-state index contributed by atoms with van der Waals surface area (Å²) in [4.78, 5) is 10.6. The molecule has 0 spiro atoms. The average Bonchev–Trinajstić information content (AvgIpc) is 1.84. The molecule has 0 aromatic carbocycles. The molecule has 0 fully saturated rings. The molecule has 0 saturated carbocycles. The van der Waals surface area contributed by atoms with Crippen molar-refractivity contribution in [2.24, 2.45) is 5.92 Å². The molecule has 0 amide bonds. The van der Waals surface area contributed by atoms with Gasteiger partial charge >= 0.3 is 0 Å². The van der Waals surface area contributed by atoms with Gasteiger partial charge in [0.15, 0.2) is 0 Å². The van der Waals surface area contributed by atoms with Gasteiger partial charge in [0.1, 0.15) is 5.78 Å². The van der Waals surface area contributed by atoms with E-state index >= 15 is 0 Å². The first-order valence-corrected chi connectivity index (χ1v) is 3.34. The van der Waals surface area contributed by atoms with Crippen LogP contribution in [0.3, 0.4) is 0 Å². The van der Waals surface area contributed by atoms with Gasteiger partial charge in [-0.15, -0.1) is 24.0 Å². The molecule has 0 aromatic rings. The van der Waals surface area contributed by atoms with Gasteiger partial charge in [-0.05, 0) is 6.42 Å². The molecule has 0 N–H and O–H groups in total. The molecule has 0 aliphatic heterocycles. The monoisotopic (exact) mass is 170 g/mol. The van der Waals surface area contributed by atoms with E-state index in [9.17, 15) is 4.79 Å². The van der Waals surface area contributed by atoms with E-state index in [4.69, 9.17) is 11.6 Å². The van der Waals surface area contributed by atoms with Crippen molar-refractivity contribution in [1.29, 1.82) is 0 Å². The van der Waals surface area contributed by atoms with Gasteiger partial charge in [0.2, 0.25) is 0 Å². The Kier molecular flexibility index (Phi) is 8.48. The summed E-state index contributed by atoms with van der Waals surface area (Å²) in [6.07, 6.45) is 0.894. The van der Waals surface area contributed by atoms with Crippen LogP contribution in [0.4, 0.5) is 0 Å². The number of rotatable bonds is 3. The summed E-state index contributed by atoms with van der Waals surface area (Å²) in [6, 6.07) is 0. The second-order valence-corrected chi connectivity index (χ2v) is 2.18. The van der Waals surface area contributed by atoms with Crippen LogP contribution < -0.4 is 0 Å². The number of alkyl halides is 1. The van der Waals surface area contributed by atoms with Crippen LogP contribution in [-0.4, -0.2) is 11.7 Å². The summed E-state index contributed by atoms with van der Waals surface area (Å²) in [6.45, 7) is 3.87. The molecule has 0 aromatic heterocycles. The number of Topliss-reactive ketones (excluding diaryl/α,β-unsaturated/α-hetero) is 1. The van der Waals surface area contributed by atoms with Crippen molar-refractivity contribution in [1.82, 2.24) is 0 Å². The Morgan fingerprint density at radius 3 is 2.22 bits per heavy atom. The van der Waals surface area contributed by atoms with Crippen molar-refractivity contribution < 1.29 is 4.79 Å². The number of hydrogen-bond donors (Lipinski definition) is 0. The fourth-order valence-corrected chi connectivity index (χ4v) is 0.623. The van der Waals surface area contributed by atoms with E-state index in [0.29, 0.717) is 0 Å². The van der Waals surface area contributed by atoms with Crippen LogP contribution in [0.1, 0.15) is 20.3 Å². The summed E-state index contributed by atoms with van der Waals surface area (Å²) >= 11 is 5.28. The molecule has 1 nitrogen and oxygen atoms in total. The first kappa shape index (κ1) is 12.0. The lowest BCUT2D eigenvalue weighted by atomic mass is 10.1. The van der Waals surface area contributed by atoms with Crippen molar-refractivity contribution in [2.75, 3.05) is 5.88 Å². The highest BCUT2D eigenvalue weighted by molar-refractivity contribution is 6.27. The second kappa shape index (κ2) is 6.37. The van der Waals surface area contributed by atoms with Crippen molar-refractivity contribution in [2.45, 2.75) is 20.3 Å². The van der Waals surface area contributed by atoms with Crippen molar-refractivity contribution in [3.8, 4) is 0 Å². The average molecular weight is 171 g/mol. The van der Waals surface area contributed by atoms with E-state index in [1.54, 1.807) is 0 Å². The molecule has 9 heavy (non-hydrogen) atoms. The first-order valence-electron chi connectivity index (χ1n) is 2.81. The molecule has 0 rings (SSSR count). The van der Waals surface area contributed by atoms with Gasteiger partial charge in [0.25, 0.3) is 0 Å². The van der Waals surface area contributed by atoms with E-state index in [1.165, 1.54) is 0 Å². The largest absolute Gasteiger partial charge is 0.298 e. The Morgan fingerprint density at radius 1 is 1.67 bits per heavy atom. The normalized spacial score (nSPS) is 11.9. The SMILES string of the molecule is CCC(C)C(=O)CCl.Cl. The highest BCUT2D eigenvalue weighted by Crippen LogP contribution is 2.02. The second-order valence-electron chi connectivity index (χ2n) is 1.91. The zero-order valence-electron chi connectivity index (χ0n) is 5.69. The molecule has 3 heteroatoms. The van der Waals surface area contributed by atoms with Gasteiger partial charge in [0.05, 0.1) is 5.88 Å². The predicted octanol–water partition coefficient (Wildman–Crippen LogP) is 2.26. The minimum atomic E-state index is 0. The van der Waals surface area contributed by atoms with Gasteiger partial charge in [-0.2, -0.15) is 0 Å². The maximum Gasteiger partial charge on any atom is 0.150 e. The lowest BCUT2D eigenvalue weighted by molar-refractivity contribution is -0.119. The lowest BCUT2D eigenvalue weighted by Crippen LogP contribution is -2.10. The maximum absolute atomic E-state index is 10.6. The standard InChI is InChI=1S/C6H11ClO.ClH/c1-3-5(2)6(8)4-7;/h5H,3-4H2,1-2H3;1H. The Balaban J connectivity index is 0. The number of halogens is 2. The van der Waals surface area contributed by atoms with Gasteiger partial charge in [-0.1, -0.05) is 13.8 Å². The zero-order chi connectivity index (χ0) is 6.57. The van der Waals surface area contributed by atoms with E-state index in [1.807, 2.05) is 13.8 Å². The third-order valence-corrected chi connectivity index (χ3v) is 1.56. The van der Waals surface area contributed by atoms with Gasteiger partial charge in [-0.3, -0.25) is 4.79 Å². The smallest absolute Gasteiger partial charge is 0.150 e. The Labute approximate surface area is 67.2 Å². The summed E-state index contributed by atoms with van der Waals surface area (Å²) < 4.78 is 0. The van der Waals surface area contributed by atoms with Crippen molar-refractivity contribution in [3.63, 3.8) is 0 Å². The van der Waals surface area contributed by atoms with E-state index in [2.05, 4.69) is 0 Å². The van der Waals surface area contributed by atoms with Crippen molar-refractivity contribution in [3.05, 3.63) is 0 Å². The van der Waals surface area contributed by atoms with Crippen LogP contribution in [0.25, 0.3) is 0 Å². The number of hydrogen-bond acceptors (Lipinski definition) is 1. The van der Waals surface area contributed by atoms with Gasteiger partial charge in [-0.25, -0.2) is 0 Å². The Bertz CT molecular complexity index is 83.1. The number of carbonyl (C=O) groups excluding carboxylic acids is 1. The molecule has 0 aliphatic carbocycles. The number of carbonyl (C=O) groups is 1. The minimum Gasteiger partial charge on any atom is -0.298 e. The third-order valence-electron chi connectivity index (χ3n) is 1.29. The molecule has 0 radical (unpaired) electrons. The van der Waals surface area contributed by atoms with E-state index < -0.39 is 0 Å². The van der Waals surface area contributed by atoms with Gasteiger partial charge in [0, 0.05) is 5.92 Å². The predicted molar refractivity (Wildman–Crippen MR) is 42.4 cm³/mol. The van der Waals surface area contributed by atoms with Gasteiger partial charge < -0.3 is 0 Å². The van der Waals surface area contributed by atoms with Crippen LogP contribution in [0.5, 0.6) is 0 Å². The zero-order valence-corrected chi connectivity index (χ0v) is 7.26. The topological polar surface area (TPSA) is 17.1 Å². The van der Waals surface area contributed by atoms with E-state index in [-0.39, 0.29) is 30.0 Å². The van der Waals surface area contributed by atoms with Crippen LogP contribution in [-0.2, 0) is 4.79 Å². The molecule has 1 atom stereocenters. The molecule has 0 saturated heterocycles. The van der Waals surface area contributed by atoms with Crippen LogP contribution in [0, 0.1) is 5.92 Å². The maximum atomic E-state index is 10.6. The fraction of sp³-hybridized carbons (Fsp3) is 0.833. The van der Waals surface area contributed by atoms with Crippen molar-refractivity contribution >= 4 is 29.8 Å². The van der Waals surface area contributed by atoms with Crippen LogP contribution in [0.15, 0.2) is 0 Å². The summed E-state index contributed by atoms with van der Waals surface area (Å²) in [7, 11) is 0. The molecule has 1 unspecified atom stereocenters. The number of ketones is 1. The summed E-state index contributed by atoms with van der Waals surface area (Å²) in [5.74, 6) is 0.455. The first-order chi connectivity index (χ1) is 3.72. The van der Waals surface area contributed by atoms with Crippen LogP contribution in [0.2, 0.25) is 0 Å². The van der Waals surface area contributed by atoms with Crippen LogP contribution >= 0.6 is 24.0 Å². The minimum absolute atomic E-state index is 0. The highest BCUT2D eigenvalue weighted by atomic mass is 35.5. The summed E-state index contributed by atoms with van der Waals surface area (Å²) in [5, 5.41) is 0. The molecule has 0 bridgehead atoms. The third kappa shape index (κ3) is 4.73. The Morgan fingerprint density at radius 2 is 2.11 bits per heavy atom. The quantitative estimate of drug-likeness (QED) is 0.595. The molecule has 56 valence electrons. The molecule has 0 aliphatic rings. The summed E-state index contributed by atoms with van der Waals surface area (Å²) in [5.41, 5.74) is 0.